The quantitative estimate of drug-likeness (QED) is 0.155. The van der Waals surface area contributed by atoms with Crippen molar-refractivity contribution < 1.29 is 27.8 Å². The van der Waals surface area contributed by atoms with Crippen molar-refractivity contribution in [3.05, 3.63) is 94.8 Å². The van der Waals surface area contributed by atoms with Crippen LogP contribution in [0.15, 0.2) is 60.8 Å². The van der Waals surface area contributed by atoms with E-state index in [-0.39, 0.29) is 53.6 Å². The van der Waals surface area contributed by atoms with Crippen LogP contribution in [0.1, 0.15) is 69.3 Å². The number of carbonyl (C=O) groups excluding carboxylic acids is 2. The van der Waals surface area contributed by atoms with Gasteiger partial charge in [0.05, 0.1) is 37.0 Å². The third kappa shape index (κ3) is 7.96. The number of aromatic nitrogens is 5. The second-order valence-corrected chi connectivity index (χ2v) is 13.3. The lowest BCUT2D eigenvalue weighted by atomic mass is 9.89. The van der Waals surface area contributed by atoms with Crippen molar-refractivity contribution in [3.8, 4) is 5.95 Å². The number of amides is 1. The van der Waals surface area contributed by atoms with Crippen LogP contribution in [0.4, 0.5) is 30.9 Å². The van der Waals surface area contributed by atoms with Gasteiger partial charge in [0.2, 0.25) is 0 Å². The van der Waals surface area contributed by atoms with Gasteiger partial charge in [-0.2, -0.15) is 19.7 Å². The lowest BCUT2D eigenvalue weighted by Crippen LogP contribution is -2.32. The van der Waals surface area contributed by atoms with Crippen LogP contribution in [0, 0.1) is 17.6 Å². The van der Waals surface area contributed by atoms with Crippen molar-refractivity contribution in [1.82, 2.24) is 24.7 Å². The molecule has 0 spiro atoms. The molecular weight excluding hydrogens is 646 g/mol. The SMILES string of the molecule is COC(=O)N(Cc1ccc(C(CC(C)C)C(=O)OC(C)(C)C)cc1)c1c(N)nc(-n2nc(Cc3ccccc3F)c3ncc(F)cc32)nc1N. The van der Waals surface area contributed by atoms with E-state index in [1.165, 1.54) is 28.8 Å². The fourth-order valence-electron chi connectivity index (χ4n) is 5.57. The number of ether oxygens (including phenoxy) is 2. The van der Waals surface area contributed by atoms with E-state index in [1.54, 1.807) is 30.3 Å². The predicted octanol–water partition coefficient (Wildman–Crippen LogP) is 6.49. The topological polar surface area (TPSA) is 164 Å². The number of nitrogens with zero attached hydrogens (tertiary/aromatic N) is 6. The molecule has 0 saturated carbocycles. The van der Waals surface area contributed by atoms with Gasteiger partial charge in [-0.1, -0.05) is 56.3 Å². The number of hydrogen-bond acceptors (Lipinski definition) is 10. The maximum Gasteiger partial charge on any atom is 0.414 e. The zero-order valence-corrected chi connectivity index (χ0v) is 28.8. The fraction of sp³-hybridized carbons (Fsp3) is 0.333. The minimum absolute atomic E-state index is 0.0107. The summed E-state index contributed by atoms with van der Waals surface area (Å²) >= 11 is 0. The molecule has 5 rings (SSSR count). The van der Waals surface area contributed by atoms with E-state index in [0.717, 1.165) is 11.8 Å². The third-order valence-corrected chi connectivity index (χ3v) is 7.77. The smallest absolute Gasteiger partial charge is 0.414 e. The average Bonchev–Trinajstić information content (AvgIpc) is 3.40. The highest BCUT2D eigenvalue weighted by Gasteiger charge is 2.29. The maximum absolute atomic E-state index is 14.5. The number of nitrogen functional groups attached to an aromatic ring is 2. The van der Waals surface area contributed by atoms with Crippen LogP contribution in [-0.4, -0.2) is 49.5 Å². The molecule has 3 aromatic heterocycles. The van der Waals surface area contributed by atoms with Gasteiger partial charge in [0.1, 0.15) is 28.4 Å². The van der Waals surface area contributed by atoms with Crippen molar-refractivity contribution in [1.29, 1.82) is 0 Å². The Balaban J connectivity index is 1.48. The Labute approximate surface area is 288 Å². The Hall–Kier alpha value is -5.66. The molecule has 1 atom stereocenters. The van der Waals surface area contributed by atoms with E-state index in [2.05, 4.69) is 20.1 Å². The molecule has 50 heavy (non-hydrogen) atoms. The van der Waals surface area contributed by atoms with E-state index >= 15 is 0 Å². The summed E-state index contributed by atoms with van der Waals surface area (Å²) in [6.07, 6.45) is 0.911. The molecule has 0 radical (unpaired) electrons. The molecule has 2 aromatic carbocycles. The molecule has 1 unspecified atom stereocenters. The number of fused-ring (bicyclic) bond motifs is 1. The van der Waals surface area contributed by atoms with E-state index in [0.29, 0.717) is 28.8 Å². The number of nitrogens with two attached hydrogens (primary N) is 2. The minimum Gasteiger partial charge on any atom is -0.459 e. The van der Waals surface area contributed by atoms with E-state index in [9.17, 15) is 18.4 Å². The van der Waals surface area contributed by atoms with Crippen molar-refractivity contribution in [3.63, 3.8) is 0 Å². The van der Waals surface area contributed by atoms with Gasteiger partial charge in [0, 0.05) is 12.5 Å². The molecule has 4 N–H and O–H groups in total. The van der Waals surface area contributed by atoms with Gasteiger partial charge in [0.25, 0.3) is 5.95 Å². The van der Waals surface area contributed by atoms with Gasteiger partial charge >= 0.3 is 12.1 Å². The summed E-state index contributed by atoms with van der Waals surface area (Å²) in [4.78, 5) is 40.3. The lowest BCUT2D eigenvalue weighted by molar-refractivity contribution is -0.157. The number of methoxy groups -OCH3 is 1. The number of carbonyl (C=O) groups is 2. The first kappa shape index (κ1) is 35.6. The van der Waals surface area contributed by atoms with Gasteiger partial charge in [-0.15, -0.1) is 0 Å². The molecule has 0 fully saturated rings. The summed E-state index contributed by atoms with van der Waals surface area (Å²) in [5, 5.41) is 4.53. The Morgan fingerprint density at radius 1 is 1.00 bits per heavy atom. The Morgan fingerprint density at radius 2 is 1.66 bits per heavy atom. The van der Waals surface area contributed by atoms with Crippen LogP contribution in [0.3, 0.4) is 0 Å². The van der Waals surface area contributed by atoms with Crippen LogP contribution < -0.4 is 16.4 Å². The van der Waals surface area contributed by atoms with Crippen LogP contribution in [0.5, 0.6) is 0 Å². The van der Waals surface area contributed by atoms with Crippen LogP contribution in [0.2, 0.25) is 0 Å². The van der Waals surface area contributed by atoms with E-state index in [1.807, 2.05) is 46.8 Å². The fourth-order valence-corrected chi connectivity index (χ4v) is 5.57. The first-order valence-electron chi connectivity index (χ1n) is 16.0. The Kier molecular flexibility index (Phi) is 10.3. The summed E-state index contributed by atoms with van der Waals surface area (Å²) < 4.78 is 40.8. The van der Waals surface area contributed by atoms with E-state index < -0.39 is 29.2 Å². The molecule has 0 bridgehead atoms. The van der Waals surface area contributed by atoms with Crippen molar-refractivity contribution in [2.24, 2.45) is 5.92 Å². The number of halogens is 2. The largest absolute Gasteiger partial charge is 0.459 e. The highest BCUT2D eigenvalue weighted by Crippen LogP contribution is 2.33. The molecule has 262 valence electrons. The number of rotatable bonds is 10. The Morgan fingerprint density at radius 3 is 2.26 bits per heavy atom. The highest BCUT2D eigenvalue weighted by molar-refractivity contribution is 5.95. The average molecular weight is 687 g/mol. The molecule has 0 aliphatic carbocycles. The number of hydrogen-bond donors (Lipinski definition) is 2. The number of anilines is 3. The number of benzene rings is 2. The van der Waals surface area contributed by atoms with Gasteiger partial charge in [-0.3, -0.25) is 9.69 Å². The van der Waals surface area contributed by atoms with Crippen LogP contribution in [-0.2, 0) is 27.2 Å². The molecule has 12 nitrogen and oxygen atoms in total. The zero-order valence-electron chi connectivity index (χ0n) is 28.8. The van der Waals surface area contributed by atoms with Crippen LogP contribution >= 0.6 is 0 Å². The molecule has 0 saturated heterocycles. The van der Waals surface area contributed by atoms with Gasteiger partial charge in [0.15, 0.2) is 11.6 Å². The summed E-state index contributed by atoms with van der Waals surface area (Å²) in [7, 11) is 1.21. The second kappa shape index (κ2) is 14.4. The van der Waals surface area contributed by atoms with Crippen molar-refractivity contribution in [2.45, 2.75) is 65.5 Å². The summed E-state index contributed by atoms with van der Waals surface area (Å²) in [6.45, 7) is 9.53. The molecule has 0 aliphatic heterocycles. The van der Waals surface area contributed by atoms with Crippen molar-refractivity contribution >= 4 is 40.4 Å². The zero-order chi connectivity index (χ0) is 36.3. The monoisotopic (exact) mass is 686 g/mol. The van der Waals surface area contributed by atoms with Gasteiger partial charge in [-0.25, -0.2) is 18.6 Å². The minimum atomic E-state index is -0.779. The first-order chi connectivity index (χ1) is 23.6. The van der Waals surface area contributed by atoms with Gasteiger partial charge in [-0.05, 0) is 55.9 Å². The molecule has 1 amide bonds. The molecule has 5 aromatic rings. The summed E-state index contributed by atoms with van der Waals surface area (Å²) in [6, 6.07) is 14.6. The number of pyridine rings is 1. The van der Waals surface area contributed by atoms with Gasteiger partial charge < -0.3 is 20.9 Å². The van der Waals surface area contributed by atoms with Crippen molar-refractivity contribution in [2.75, 3.05) is 23.5 Å². The summed E-state index contributed by atoms with van der Waals surface area (Å²) in [5.41, 5.74) is 14.9. The Bertz CT molecular complexity index is 2000. The lowest BCUT2D eigenvalue weighted by Gasteiger charge is -2.26. The maximum atomic E-state index is 14.5. The first-order valence-corrected chi connectivity index (χ1v) is 16.0. The second-order valence-electron chi connectivity index (χ2n) is 13.3. The molecule has 14 heteroatoms. The molecular formula is C36H40F2N8O4. The van der Waals surface area contributed by atoms with Crippen LogP contribution in [0.25, 0.3) is 17.0 Å². The predicted molar refractivity (Wildman–Crippen MR) is 186 cm³/mol. The summed E-state index contributed by atoms with van der Waals surface area (Å²) in [5.74, 6) is -2.09. The molecule has 3 heterocycles. The number of esters is 1. The third-order valence-electron chi connectivity index (χ3n) is 7.77. The molecule has 0 aliphatic rings. The highest BCUT2D eigenvalue weighted by atomic mass is 19.1. The van der Waals surface area contributed by atoms with E-state index in [4.69, 9.17) is 20.9 Å². The normalized spacial score (nSPS) is 12.3. The standard InChI is InChI=1S/C36H40F2N8O4/c1-20(2)15-25(33(47)50-36(3,4)5)22-13-11-21(12-14-22)19-45(35(48)49-6)30-31(39)42-34(43-32(30)40)46-28-17-24(37)18-41-29(28)27(44-46)16-23-9-7-8-10-26(23)38/h7-14,17-18,20,25H,15-16,19H2,1-6H3,(H4,39,40,42,43).